The van der Waals surface area contributed by atoms with E-state index in [2.05, 4.69) is 36.1 Å². The highest BCUT2D eigenvalue weighted by atomic mass is 15.3. The summed E-state index contributed by atoms with van der Waals surface area (Å²) < 4.78 is 1.81. The molecule has 3 rings (SSSR count). The largest absolute Gasteiger partial charge is 0.221 e. The van der Waals surface area contributed by atoms with Gasteiger partial charge in [-0.1, -0.05) is 24.3 Å². The molecule has 0 aliphatic heterocycles. The first-order valence-corrected chi connectivity index (χ1v) is 5.63. The highest BCUT2D eigenvalue weighted by Crippen LogP contribution is 2.20. The molecule has 17 heavy (non-hydrogen) atoms. The van der Waals surface area contributed by atoms with Crippen molar-refractivity contribution in [2.45, 2.75) is 13.8 Å². The van der Waals surface area contributed by atoms with Crippen LogP contribution < -0.4 is 0 Å². The normalized spacial score (nSPS) is 10.9. The molecule has 2 heterocycles. The molecule has 0 atom stereocenters. The number of hydrogen-bond donors (Lipinski definition) is 0. The predicted octanol–water partition coefficient (Wildman–Crippen LogP) is 3.01. The average molecular weight is 223 g/mol. The maximum atomic E-state index is 4.56. The highest BCUT2D eigenvalue weighted by molar-refractivity contribution is 5.62. The smallest absolute Gasteiger partial charge is 0.182 e. The van der Waals surface area contributed by atoms with Gasteiger partial charge in [-0.15, -0.1) is 5.10 Å². The predicted molar refractivity (Wildman–Crippen MR) is 67.9 cm³/mol. The van der Waals surface area contributed by atoms with E-state index in [1.165, 1.54) is 11.1 Å². The van der Waals surface area contributed by atoms with E-state index in [0.29, 0.717) is 0 Å². The molecule has 0 amide bonds. The second kappa shape index (κ2) is 3.70. The summed E-state index contributed by atoms with van der Waals surface area (Å²) >= 11 is 0. The molecule has 0 radical (unpaired) electrons. The summed E-state index contributed by atoms with van der Waals surface area (Å²) in [5, 5.41) is 4.49. The monoisotopic (exact) mass is 223 g/mol. The van der Waals surface area contributed by atoms with Gasteiger partial charge >= 0.3 is 0 Å². The van der Waals surface area contributed by atoms with Gasteiger partial charge in [-0.3, -0.25) is 0 Å². The van der Waals surface area contributed by atoms with Gasteiger partial charge in [0, 0.05) is 11.8 Å². The Morgan fingerprint density at radius 3 is 2.71 bits per heavy atom. The van der Waals surface area contributed by atoms with Crippen LogP contribution in [0.25, 0.3) is 17.0 Å². The van der Waals surface area contributed by atoms with Crippen LogP contribution in [0, 0.1) is 13.8 Å². The zero-order valence-electron chi connectivity index (χ0n) is 9.88. The van der Waals surface area contributed by atoms with Crippen LogP contribution in [0.3, 0.4) is 0 Å². The third kappa shape index (κ3) is 1.69. The molecule has 0 aliphatic carbocycles. The van der Waals surface area contributed by atoms with Crippen molar-refractivity contribution >= 4 is 5.65 Å². The maximum absolute atomic E-state index is 4.56. The first-order valence-electron chi connectivity index (χ1n) is 5.63. The van der Waals surface area contributed by atoms with Crippen LogP contribution in [0.15, 0.2) is 42.6 Å². The quantitative estimate of drug-likeness (QED) is 0.634. The van der Waals surface area contributed by atoms with E-state index < -0.39 is 0 Å². The number of aromatic nitrogens is 3. The number of benzene rings is 1. The van der Waals surface area contributed by atoms with Gasteiger partial charge in [0.25, 0.3) is 0 Å². The Labute approximate surface area is 99.7 Å². The first kappa shape index (κ1) is 10.0. The number of aryl methyl sites for hydroxylation is 2. The van der Waals surface area contributed by atoms with Crippen LogP contribution in [0.2, 0.25) is 0 Å². The number of nitrogens with zero attached hydrogens (tertiary/aromatic N) is 3. The molecule has 0 spiro atoms. The summed E-state index contributed by atoms with van der Waals surface area (Å²) in [4.78, 5) is 4.56. The SMILES string of the molecule is Cc1ccn2nc(-c3ccccc3C)nc2c1. The molecule has 1 aromatic carbocycles. The van der Waals surface area contributed by atoms with Gasteiger partial charge in [-0.2, -0.15) is 0 Å². The summed E-state index contributed by atoms with van der Waals surface area (Å²) in [5.74, 6) is 0.786. The third-order valence-corrected chi connectivity index (χ3v) is 2.88. The second-order valence-corrected chi connectivity index (χ2v) is 4.26. The summed E-state index contributed by atoms with van der Waals surface area (Å²) in [5.41, 5.74) is 4.37. The molecule has 0 aliphatic rings. The number of pyridine rings is 1. The molecule has 0 saturated heterocycles. The zero-order chi connectivity index (χ0) is 11.8. The van der Waals surface area contributed by atoms with Crippen molar-refractivity contribution in [3.63, 3.8) is 0 Å². The Bertz CT molecular complexity index is 683. The summed E-state index contributed by atoms with van der Waals surface area (Å²) in [6.07, 6.45) is 1.94. The lowest BCUT2D eigenvalue weighted by atomic mass is 10.1. The molecular weight excluding hydrogens is 210 g/mol. The Morgan fingerprint density at radius 1 is 1.06 bits per heavy atom. The fourth-order valence-corrected chi connectivity index (χ4v) is 1.92. The number of hydrogen-bond acceptors (Lipinski definition) is 2. The fraction of sp³-hybridized carbons (Fsp3) is 0.143. The third-order valence-electron chi connectivity index (χ3n) is 2.88. The molecule has 3 nitrogen and oxygen atoms in total. The van der Waals surface area contributed by atoms with Gasteiger partial charge in [0.15, 0.2) is 11.5 Å². The maximum Gasteiger partial charge on any atom is 0.182 e. The summed E-state index contributed by atoms with van der Waals surface area (Å²) in [6.45, 7) is 4.13. The van der Waals surface area contributed by atoms with Crippen molar-refractivity contribution in [1.82, 2.24) is 14.6 Å². The minimum Gasteiger partial charge on any atom is -0.221 e. The molecule has 3 heteroatoms. The van der Waals surface area contributed by atoms with Crippen molar-refractivity contribution in [1.29, 1.82) is 0 Å². The molecule has 0 fully saturated rings. The minimum absolute atomic E-state index is 0.786. The van der Waals surface area contributed by atoms with Crippen molar-refractivity contribution < 1.29 is 0 Å². The molecule has 0 bridgehead atoms. The van der Waals surface area contributed by atoms with E-state index in [4.69, 9.17) is 0 Å². The van der Waals surface area contributed by atoms with Crippen LogP contribution in [0.4, 0.5) is 0 Å². The standard InChI is InChI=1S/C14H13N3/c1-10-7-8-17-13(9-10)15-14(16-17)12-6-4-3-5-11(12)2/h3-9H,1-2H3. The van der Waals surface area contributed by atoms with Crippen LogP contribution >= 0.6 is 0 Å². The van der Waals surface area contributed by atoms with Gasteiger partial charge < -0.3 is 0 Å². The van der Waals surface area contributed by atoms with E-state index >= 15 is 0 Å². The lowest BCUT2D eigenvalue weighted by molar-refractivity contribution is 0.961. The van der Waals surface area contributed by atoms with E-state index in [9.17, 15) is 0 Å². The van der Waals surface area contributed by atoms with Crippen LogP contribution in [0.1, 0.15) is 11.1 Å². The molecule has 2 aromatic heterocycles. The lowest BCUT2D eigenvalue weighted by Gasteiger charge is -1.98. The second-order valence-electron chi connectivity index (χ2n) is 4.26. The first-order chi connectivity index (χ1) is 8.24. The van der Waals surface area contributed by atoms with E-state index in [-0.39, 0.29) is 0 Å². The minimum atomic E-state index is 0.786. The highest BCUT2D eigenvalue weighted by Gasteiger charge is 2.07. The average Bonchev–Trinajstić information content (AvgIpc) is 2.72. The van der Waals surface area contributed by atoms with Crippen molar-refractivity contribution in [2.24, 2.45) is 0 Å². The summed E-state index contributed by atoms with van der Waals surface area (Å²) in [6, 6.07) is 12.2. The Balaban J connectivity index is 2.22. The molecule has 84 valence electrons. The van der Waals surface area contributed by atoms with Gasteiger partial charge in [0.05, 0.1) is 0 Å². The number of fused-ring (bicyclic) bond motifs is 1. The van der Waals surface area contributed by atoms with Crippen LogP contribution in [-0.4, -0.2) is 14.6 Å². The van der Waals surface area contributed by atoms with Crippen molar-refractivity contribution in [2.75, 3.05) is 0 Å². The van der Waals surface area contributed by atoms with Crippen LogP contribution in [0.5, 0.6) is 0 Å². The topological polar surface area (TPSA) is 30.2 Å². The Hall–Kier alpha value is -2.16. The molecule has 3 aromatic rings. The molecular formula is C14H13N3. The number of rotatable bonds is 1. The van der Waals surface area contributed by atoms with Gasteiger partial charge in [-0.05, 0) is 37.1 Å². The van der Waals surface area contributed by atoms with Gasteiger partial charge in [0.2, 0.25) is 0 Å². The van der Waals surface area contributed by atoms with Gasteiger partial charge in [0.1, 0.15) is 0 Å². The van der Waals surface area contributed by atoms with E-state index in [1.807, 2.05) is 35.0 Å². The Kier molecular flexibility index (Phi) is 2.18. The molecule has 0 N–H and O–H groups in total. The van der Waals surface area contributed by atoms with Gasteiger partial charge in [-0.25, -0.2) is 9.50 Å². The molecule has 0 unspecified atom stereocenters. The summed E-state index contributed by atoms with van der Waals surface area (Å²) in [7, 11) is 0. The zero-order valence-corrected chi connectivity index (χ0v) is 9.88. The fourth-order valence-electron chi connectivity index (χ4n) is 1.92. The Morgan fingerprint density at radius 2 is 1.88 bits per heavy atom. The lowest BCUT2D eigenvalue weighted by Crippen LogP contribution is -1.87. The van der Waals surface area contributed by atoms with Crippen LogP contribution in [-0.2, 0) is 0 Å². The van der Waals surface area contributed by atoms with Crippen molar-refractivity contribution in [3.05, 3.63) is 53.7 Å². The molecule has 0 saturated carbocycles. The van der Waals surface area contributed by atoms with E-state index in [0.717, 1.165) is 17.0 Å². The van der Waals surface area contributed by atoms with E-state index in [1.54, 1.807) is 0 Å². The van der Waals surface area contributed by atoms with Crippen molar-refractivity contribution in [3.8, 4) is 11.4 Å².